The number of likely N-dealkylation sites (tertiary alicyclic amines) is 1. The van der Waals surface area contributed by atoms with Crippen LogP contribution in [0.1, 0.15) is 19.3 Å². The maximum absolute atomic E-state index is 5.97. The van der Waals surface area contributed by atoms with E-state index in [1.54, 1.807) is 0 Å². The van der Waals surface area contributed by atoms with Crippen molar-refractivity contribution < 1.29 is 4.74 Å². The highest BCUT2D eigenvalue weighted by atomic mass is 16.5. The van der Waals surface area contributed by atoms with Gasteiger partial charge in [0, 0.05) is 25.8 Å². The third-order valence-electron chi connectivity index (χ3n) is 3.65. The molecule has 1 fully saturated rings. The minimum absolute atomic E-state index is 0.130. The number of ether oxygens (including phenoxy) is 1. The number of likely N-dealkylation sites (N-methyl/N-ethyl adjacent to an activating group) is 1. The molecule has 0 bridgehead atoms. The minimum Gasteiger partial charge on any atom is -0.399 e. The Hall–Kier alpha value is -0.740. The third kappa shape index (κ3) is 2.68. The Labute approximate surface area is 98.0 Å². The van der Waals surface area contributed by atoms with Crippen molar-refractivity contribution in [3.8, 4) is 0 Å². The van der Waals surface area contributed by atoms with Crippen LogP contribution in [0.4, 0.5) is 0 Å². The third-order valence-corrected chi connectivity index (χ3v) is 3.65. The van der Waals surface area contributed by atoms with Gasteiger partial charge < -0.3 is 20.3 Å². The molecule has 0 aromatic heterocycles. The Bertz CT molecular complexity index is 267. The molecule has 1 unspecified atom stereocenters. The molecule has 0 amide bonds. The van der Waals surface area contributed by atoms with Crippen LogP contribution < -0.4 is 5.73 Å². The fraction of sp³-hybridized carbons (Fsp3) is 0.833. The summed E-state index contributed by atoms with van der Waals surface area (Å²) >= 11 is 0. The summed E-state index contributed by atoms with van der Waals surface area (Å²) in [6.07, 6.45) is 5.68. The van der Waals surface area contributed by atoms with Crippen molar-refractivity contribution in [3.63, 3.8) is 0 Å². The van der Waals surface area contributed by atoms with Crippen molar-refractivity contribution in [2.24, 2.45) is 5.73 Å². The molecular formula is C12H23N3O. The zero-order valence-electron chi connectivity index (χ0n) is 10.4. The van der Waals surface area contributed by atoms with E-state index in [0.29, 0.717) is 6.04 Å². The summed E-state index contributed by atoms with van der Waals surface area (Å²) in [6.45, 7) is 3.05. The molecule has 2 aliphatic heterocycles. The zero-order chi connectivity index (χ0) is 11.5. The summed E-state index contributed by atoms with van der Waals surface area (Å²) in [4.78, 5) is 4.51. The van der Waals surface area contributed by atoms with Gasteiger partial charge in [-0.2, -0.15) is 0 Å². The van der Waals surface area contributed by atoms with Crippen LogP contribution in [0.15, 0.2) is 11.9 Å². The van der Waals surface area contributed by atoms with E-state index < -0.39 is 0 Å². The van der Waals surface area contributed by atoms with E-state index in [1.165, 1.54) is 19.4 Å². The first-order valence-electron chi connectivity index (χ1n) is 6.16. The second-order valence-electron chi connectivity index (χ2n) is 5.00. The van der Waals surface area contributed by atoms with E-state index in [0.717, 1.165) is 25.3 Å². The van der Waals surface area contributed by atoms with Gasteiger partial charge >= 0.3 is 0 Å². The molecule has 0 aromatic rings. The van der Waals surface area contributed by atoms with Gasteiger partial charge in [-0.25, -0.2) is 0 Å². The van der Waals surface area contributed by atoms with E-state index >= 15 is 0 Å². The van der Waals surface area contributed by atoms with E-state index in [4.69, 9.17) is 10.5 Å². The summed E-state index contributed by atoms with van der Waals surface area (Å²) in [5.74, 6) is 0. The van der Waals surface area contributed by atoms with Crippen molar-refractivity contribution in [2.45, 2.75) is 31.4 Å². The Morgan fingerprint density at radius 2 is 2.19 bits per heavy atom. The van der Waals surface area contributed by atoms with Crippen LogP contribution in [0.2, 0.25) is 0 Å². The topological polar surface area (TPSA) is 41.7 Å². The summed E-state index contributed by atoms with van der Waals surface area (Å²) in [6, 6.07) is 0.590. The molecule has 0 saturated carbocycles. The first kappa shape index (κ1) is 11.7. The van der Waals surface area contributed by atoms with Crippen LogP contribution in [0.25, 0.3) is 0 Å². The molecule has 0 spiro atoms. The average Bonchev–Trinajstić information content (AvgIpc) is 2.63. The van der Waals surface area contributed by atoms with Crippen LogP contribution in [-0.4, -0.2) is 55.7 Å². The maximum Gasteiger partial charge on any atom is 0.0999 e. The summed E-state index contributed by atoms with van der Waals surface area (Å²) < 4.78 is 5.94. The molecule has 4 nitrogen and oxygen atoms in total. The molecule has 2 N–H and O–H groups in total. The molecule has 4 heteroatoms. The van der Waals surface area contributed by atoms with Gasteiger partial charge in [-0.05, 0) is 32.9 Å². The smallest absolute Gasteiger partial charge is 0.0999 e. The van der Waals surface area contributed by atoms with Crippen LogP contribution in [0, 0.1) is 0 Å². The van der Waals surface area contributed by atoms with Gasteiger partial charge in [-0.1, -0.05) is 0 Å². The van der Waals surface area contributed by atoms with E-state index in [9.17, 15) is 0 Å². The Morgan fingerprint density at radius 3 is 2.81 bits per heavy atom. The zero-order valence-corrected chi connectivity index (χ0v) is 10.4. The maximum atomic E-state index is 5.97. The Kier molecular flexibility index (Phi) is 3.71. The van der Waals surface area contributed by atoms with Gasteiger partial charge in [-0.3, -0.25) is 0 Å². The van der Waals surface area contributed by atoms with Crippen LogP contribution in [0.5, 0.6) is 0 Å². The lowest BCUT2D eigenvalue weighted by Crippen LogP contribution is -2.37. The fourth-order valence-electron chi connectivity index (χ4n) is 2.49. The minimum atomic E-state index is 0.130. The molecule has 0 radical (unpaired) electrons. The molecule has 2 rings (SSSR count). The van der Waals surface area contributed by atoms with Gasteiger partial charge in [0.15, 0.2) is 0 Å². The van der Waals surface area contributed by atoms with E-state index in [-0.39, 0.29) is 6.10 Å². The predicted molar refractivity (Wildman–Crippen MR) is 64.9 cm³/mol. The van der Waals surface area contributed by atoms with Gasteiger partial charge in [0.25, 0.3) is 0 Å². The quantitative estimate of drug-likeness (QED) is 0.764. The Morgan fingerprint density at radius 1 is 1.38 bits per heavy atom. The molecule has 1 saturated heterocycles. The Balaban J connectivity index is 1.79. The summed E-state index contributed by atoms with van der Waals surface area (Å²) in [5.41, 5.74) is 6.84. The number of hydrogen-bond acceptors (Lipinski definition) is 4. The predicted octanol–water partition coefficient (Wildman–Crippen LogP) is 0.601. The second kappa shape index (κ2) is 5.06. The molecular weight excluding hydrogens is 202 g/mol. The van der Waals surface area contributed by atoms with E-state index in [1.807, 2.05) is 13.2 Å². The SMILES string of the molecule is CN1C=C(N)C(OC[C@@H]2CCCN2C)CC1. The highest BCUT2D eigenvalue weighted by Gasteiger charge is 2.24. The van der Waals surface area contributed by atoms with Crippen molar-refractivity contribution in [1.29, 1.82) is 0 Å². The van der Waals surface area contributed by atoms with Gasteiger partial charge in [0.1, 0.15) is 0 Å². The normalized spacial score (nSPS) is 31.9. The monoisotopic (exact) mass is 225 g/mol. The van der Waals surface area contributed by atoms with Crippen LogP contribution in [-0.2, 0) is 4.74 Å². The summed E-state index contributed by atoms with van der Waals surface area (Å²) in [7, 11) is 4.22. The van der Waals surface area contributed by atoms with E-state index in [2.05, 4.69) is 16.8 Å². The standard InChI is InChI=1S/C12H23N3O/c1-14-7-5-12(11(13)8-14)16-9-10-4-3-6-15(10)2/h8,10,12H,3-7,9,13H2,1-2H3/t10-,12?/m0/s1. The van der Waals surface area contributed by atoms with Gasteiger partial charge in [-0.15, -0.1) is 0 Å². The first-order valence-corrected chi connectivity index (χ1v) is 6.16. The number of nitrogens with zero attached hydrogens (tertiary/aromatic N) is 2. The van der Waals surface area contributed by atoms with Crippen molar-refractivity contribution >= 4 is 0 Å². The number of nitrogens with two attached hydrogens (primary N) is 1. The lowest BCUT2D eigenvalue weighted by Gasteiger charge is -2.29. The molecule has 0 aliphatic carbocycles. The molecule has 2 heterocycles. The molecule has 92 valence electrons. The van der Waals surface area contributed by atoms with Crippen molar-refractivity contribution in [3.05, 3.63) is 11.9 Å². The van der Waals surface area contributed by atoms with Crippen molar-refractivity contribution in [1.82, 2.24) is 9.80 Å². The molecule has 0 aromatic carbocycles. The lowest BCUT2D eigenvalue weighted by atomic mass is 10.1. The molecule has 16 heavy (non-hydrogen) atoms. The van der Waals surface area contributed by atoms with Gasteiger partial charge in [0.2, 0.25) is 0 Å². The van der Waals surface area contributed by atoms with Crippen LogP contribution in [0.3, 0.4) is 0 Å². The lowest BCUT2D eigenvalue weighted by molar-refractivity contribution is 0.0288. The average molecular weight is 225 g/mol. The fourth-order valence-corrected chi connectivity index (χ4v) is 2.49. The van der Waals surface area contributed by atoms with Crippen LogP contribution >= 0.6 is 0 Å². The first-order chi connectivity index (χ1) is 7.66. The number of rotatable bonds is 3. The molecule has 2 aliphatic rings. The highest BCUT2D eigenvalue weighted by Crippen LogP contribution is 2.18. The number of hydrogen-bond donors (Lipinski definition) is 1. The van der Waals surface area contributed by atoms with Gasteiger partial charge in [0.05, 0.1) is 18.4 Å². The second-order valence-corrected chi connectivity index (χ2v) is 5.00. The van der Waals surface area contributed by atoms with Crippen molar-refractivity contribution in [2.75, 3.05) is 33.8 Å². The highest BCUT2D eigenvalue weighted by molar-refractivity contribution is 5.06. The summed E-state index contributed by atoms with van der Waals surface area (Å²) in [5, 5.41) is 0. The molecule has 2 atom stereocenters. The largest absolute Gasteiger partial charge is 0.399 e.